The lowest BCUT2D eigenvalue weighted by atomic mass is 10.2. The number of hydrogen-bond donors (Lipinski definition) is 0. The average molecular weight is 357 g/mol. The van der Waals surface area contributed by atoms with Gasteiger partial charge in [-0.05, 0) is 11.6 Å². The molecule has 0 spiro atoms. The van der Waals surface area contributed by atoms with E-state index in [-0.39, 0.29) is 5.91 Å². The monoisotopic (exact) mass is 356 g/mol. The third-order valence-corrected chi connectivity index (χ3v) is 4.93. The van der Waals surface area contributed by atoms with Crippen molar-refractivity contribution in [2.45, 2.75) is 13.0 Å². The normalized spacial score (nSPS) is 10.6. The van der Waals surface area contributed by atoms with E-state index in [2.05, 4.69) is 4.98 Å². The Hall–Kier alpha value is -2.17. The van der Waals surface area contributed by atoms with Crippen molar-refractivity contribution < 1.29 is 4.79 Å². The molecule has 0 saturated carbocycles. The lowest BCUT2D eigenvalue weighted by Crippen LogP contribution is -2.27. The predicted molar refractivity (Wildman–Crippen MR) is 99.2 cm³/mol. The summed E-state index contributed by atoms with van der Waals surface area (Å²) in [5, 5.41) is 3.44. The molecule has 122 valence electrons. The summed E-state index contributed by atoms with van der Waals surface area (Å²) in [5.74, 6) is 0.0508. The van der Waals surface area contributed by atoms with Gasteiger partial charge in [-0.2, -0.15) is 0 Å². The first kappa shape index (κ1) is 16.7. The summed E-state index contributed by atoms with van der Waals surface area (Å²) >= 11 is 7.71. The van der Waals surface area contributed by atoms with Crippen LogP contribution in [0.5, 0.6) is 0 Å². The molecule has 0 aliphatic carbocycles. The van der Waals surface area contributed by atoms with Gasteiger partial charge in [-0.25, -0.2) is 4.98 Å². The highest BCUT2D eigenvalue weighted by atomic mass is 35.5. The van der Waals surface area contributed by atoms with Gasteiger partial charge in [0.1, 0.15) is 5.01 Å². The van der Waals surface area contributed by atoms with E-state index in [1.807, 2.05) is 67.0 Å². The van der Waals surface area contributed by atoms with Crippen molar-refractivity contribution in [2.24, 2.45) is 0 Å². The van der Waals surface area contributed by atoms with E-state index < -0.39 is 0 Å². The van der Waals surface area contributed by atoms with Crippen LogP contribution in [-0.4, -0.2) is 22.8 Å². The molecule has 0 unspecified atom stereocenters. The van der Waals surface area contributed by atoms with Crippen molar-refractivity contribution in [2.75, 3.05) is 7.05 Å². The summed E-state index contributed by atoms with van der Waals surface area (Å²) in [6.07, 6.45) is 0.296. The molecule has 1 heterocycles. The molecular weight excluding hydrogens is 340 g/mol. The molecular formula is C19H17ClN2OS. The Morgan fingerprint density at radius 3 is 2.58 bits per heavy atom. The molecule has 0 aliphatic rings. The van der Waals surface area contributed by atoms with E-state index in [4.69, 9.17) is 11.6 Å². The summed E-state index contributed by atoms with van der Waals surface area (Å²) in [6, 6.07) is 17.6. The van der Waals surface area contributed by atoms with Crippen LogP contribution < -0.4 is 0 Å². The summed E-state index contributed by atoms with van der Waals surface area (Å²) in [7, 11) is 1.82. The van der Waals surface area contributed by atoms with Gasteiger partial charge in [0.05, 0.1) is 17.1 Å². The molecule has 1 amide bonds. The Balaban J connectivity index is 1.66. The van der Waals surface area contributed by atoms with Crippen LogP contribution in [0, 0.1) is 0 Å². The molecule has 0 atom stereocenters. The van der Waals surface area contributed by atoms with Gasteiger partial charge in [-0.3, -0.25) is 4.79 Å². The van der Waals surface area contributed by atoms with Gasteiger partial charge in [0.25, 0.3) is 0 Å². The van der Waals surface area contributed by atoms with E-state index in [1.54, 1.807) is 4.90 Å². The topological polar surface area (TPSA) is 33.2 Å². The van der Waals surface area contributed by atoms with E-state index in [1.165, 1.54) is 11.3 Å². The van der Waals surface area contributed by atoms with Crippen LogP contribution in [0.3, 0.4) is 0 Å². The van der Waals surface area contributed by atoms with Crippen LogP contribution in [0.2, 0.25) is 5.02 Å². The first-order valence-corrected chi connectivity index (χ1v) is 8.86. The molecule has 2 aromatic carbocycles. The minimum Gasteiger partial charge on any atom is -0.341 e. The fourth-order valence-electron chi connectivity index (χ4n) is 2.38. The van der Waals surface area contributed by atoms with E-state index >= 15 is 0 Å². The number of halogens is 1. The molecule has 3 nitrogen and oxygen atoms in total. The quantitative estimate of drug-likeness (QED) is 0.665. The van der Waals surface area contributed by atoms with Crippen molar-refractivity contribution in [1.29, 1.82) is 0 Å². The Bertz CT molecular complexity index is 832. The van der Waals surface area contributed by atoms with Gasteiger partial charge >= 0.3 is 0 Å². The molecule has 1 aromatic heterocycles. The number of likely N-dealkylation sites (N-methyl/N-ethyl adjacent to an activating group) is 1. The molecule has 3 aromatic rings. The number of benzene rings is 2. The second-order valence-corrected chi connectivity index (χ2v) is 6.80. The maximum Gasteiger partial charge on any atom is 0.228 e. The number of hydrogen-bond acceptors (Lipinski definition) is 3. The molecule has 0 N–H and O–H groups in total. The molecule has 0 radical (unpaired) electrons. The lowest BCUT2D eigenvalue weighted by Gasteiger charge is -2.16. The highest BCUT2D eigenvalue weighted by Crippen LogP contribution is 2.30. The van der Waals surface area contributed by atoms with Crippen molar-refractivity contribution in [3.63, 3.8) is 0 Å². The Kier molecular flexibility index (Phi) is 5.28. The highest BCUT2D eigenvalue weighted by molar-refractivity contribution is 7.13. The zero-order chi connectivity index (χ0) is 16.9. The van der Waals surface area contributed by atoms with E-state index in [9.17, 15) is 4.79 Å². The second kappa shape index (κ2) is 7.60. The zero-order valence-corrected chi connectivity index (χ0v) is 14.8. The molecule has 0 aliphatic heterocycles. The van der Waals surface area contributed by atoms with Crippen molar-refractivity contribution in [3.8, 4) is 10.6 Å². The first-order chi connectivity index (χ1) is 11.6. The van der Waals surface area contributed by atoms with Gasteiger partial charge in [-0.1, -0.05) is 60.1 Å². The van der Waals surface area contributed by atoms with Gasteiger partial charge < -0.3 is 4.90 Å². The summed E-state index contributed by atoms with van der Waals surface area (Å²) in [5.41, 5.74) is 2.80. The first-order valence-electron chi connectivity index (χ1n) is 7.60. The van der Waals surface area contributed by atoms with Crippen LogP contribution in [0.25, 0.3) is 10.6 Å². The van der Waals surface area contributed by atoms with Gasteiger partial charge in [0.2, 0.25) is 5.91 Å². The number of carbonyl (C=O) groups is 1. The fraction of sp³-hybridized carbons (Fsp3) is 0.158. The minimum atomic E-state index is 0.0508. The largest absolute Gasteiger partial charge is 0.341 e. The third kappa shape index (κ3) is 4.02. The number of nitrogens with zero attached hydrogens (tertiary/aromatic N) is 2. The Labute approximate surface area is 150 Å². The van der Waals surface area contributed by atoms with Crippen LogP contribution in [0.1, 0.15) is 11.3 Å². The van der Waals surface area contributed by atoms with Crippen LogP contribution >= 0.6 is 22.9 Å². The van der Waals surface area contributed by atoms with E-state index in [0.717, 1.165) is 21.8 Å². The van der Waals surface area contributed by atoms with E-state index in [0.29, 0.717) is 18.0 Å². The number of amides is 1. The molecule has 0 fully saturated rings. The van der Waals surface area contributed by atoms with Crippen molar-refractivity contribution >= 4 is 28.8 Å². The average Bonchev–Trinajstić information content (AvgIpc) is 3.04. The zero-order valence-electron chi connectivity index (χ0n) is 13.3. The predicted octanol–water partition coefficient (Wildman–Crippen LogP) is 4.66. The second-order valence-electron chi connectivity index (χ2n) is 5.54. The minimum absolute atomic E-state index is 0.0508. The number of thiazole rings is 1. The summed E-state index contributed by atoms with van der Waals surface area (Å²) < 4.78 is 0. The molecule has 5 heteroatoms. The van der Waals surface area contributed by atoms with Crippen molar-refractivity contribution in [3.05, 3.63) is 76.3 Å². The van der Waals surface area contributed by atoms with Gasteiger partial charge in [0, 0.05) is 24.5 Å². The SMILES string of the molecule is CN(Cc1ccccc1)C(=O)Cc1csc(-c2ccccc2Cl)n1. The highest BCUT2D eigenvalue weighted by Gasteiger charge is 2.14. The molecule has 3 rings (SSSR count). The maximum atomic E-state index is 12.4. The summed E-state index contributed by atoms with van der Waals surface area (Å²) in [6.45, 7) is 0.598. The lowest BCUT2D eigenvalue weighted by molar-refractivity contribution is -0.129. The maximum absolute atomic E-state index is 12.4. The van der Waals surface area contributed by atoms with Crippen LogP contribution in [0.15, 0.2) is 60.0 Å². The number of carbonyl (C=O) groups excluding carboxylic acids is 1. The van der Waals surface area contributed by atoms with Crippen LogP contribution in [-0.2, 0) is 17.8 Å². The Morgan fingerprint density at radius 1 is 1.12 bits per heavy atom. The molecule has 24 heavy (non-hydrogen) atoms. The van der Waals surface area contributed by atoms with Crippen molar-refractivity contribution in [1.82, 2.24) is 9.88 Å². The third-order valence-electron chi connectivity index (χ3n) is 3.68. The van der Waals surface area contributed by atoms with Gasteiger partial charge in [0.15, 0.2) is 0 Å². The molecule has 0 bridgehead atoms. The Morgan fingerprint density at radius 2 is 1.83 bits per heavy atom. The van der Waals surface area contributed by atoms with Crippen LogP contribution in [0.4, 0.5) is 0 Å². The fourth-order valence-corrected chi connectivity index (χ4v) is 3.52. The standard InChI is InChI=1S/C19H17ClN2OS/c1-22(12-14-7-3-2-4-8-14)18(23)11-15-13-24-19(21-15)16-9-5-6-10-17(16)20/h2-10,13H,11-12H2,1H3. The molecule has 0 saturated heterocycles. The number of rotatable bonds is 5. The van der Waals surface area contributed by atoms with Gasteiger partial charge in [-0.15, -0.1) is 11.3 Å². The summed E-state index contributed by atoms with van der Waals surface area (Å²) in [4.78, 5) is 18.7. The number of aromatic nitrogens is 1. The smallest absolute Gasteiger partial charge is 0.228 e.